The number of nitrogens with zero attached hydrogens (tertiary/aromatic N) is 1. The van der Waals surface area contributed by atoms with E-state index < -0.39 is 19.9 Å². The Bertz CT molecular complexity index is 1090. The Balaban J connectivity index is 4.40. The van der Waals surface area contributed by atoms with Crippen molar-refractivity contribution < 1.29 is 37.3 Å². The van der Waals surface area contributed by atoms with Gasteiger partial charge < -0.3 is 27.9 Å². The van der Waals surface area contributed by atoms with Gasteiger partial charge in [-0.3, -0.25) is 9.36 Å². The quantitative estimate of drug-likeness (QED) is 0.0202. The molecule has 0 aromatic heterocycles. The van der Waals surface area contributed by atoms with Gasteiger partial charge in [-0.1, -0.05) is 151 Å². The average Bonchev–Trinajstić information content (AvgIpc) is 3.12. The van der Waals surface area contributed by atoms with Crippen LogP contribution in [0.15, 0.2) is 72.9 Å². The number of rotatable bonds is 38. The van der Waals surface area contributed by atoms with E-state index in [1.165, 1.54) is 77.0 Å². The predicted molar refractivity (Wildman–Crippen MR) is 226 cm³/mol. The molecule has 0 amide bonds. The number of phosphoric acid groups is 1. The second-order valence-electron chi connectivity index (χ2n) is 15.0. The van der Waals surface area contributed by atoms with Crippen molar-refractivity contribution in [2.24, 2.45) is 0 Å². The molecule has 0 heterocycles. The Morgan fingerprint density at radius 1 is 0.593 bits per heavy atom. The monoisotopic (exact) mass is 778 g/mol. The number of carbonyl (C=O) groups is 1. The van der Waals surface area contributed by atoms with Crippen molar-refractivity contribution in [2.45, 2.75) is 155 Å². The lowest BCUT2D eigenvalue weighted by molar-refractivity contribution is -0.870. The lowest BCUT2D eigenvalue weighted by Gasteiger charge is -2.28. The van der Waals surface area contributed by atoms with Crippen LogP contribution in [0.1, 0.15) is 149 Å². The Morgan fingerprint density at radius 2 is 1.07 bits per heavy atom. The molecule has 8 nitrogen and oxygen atoms in total. The highest BCUT2D eigenvalue weighted by molar-refractivity contribution is 7.45. The van der Waals surface area contributed by atoms with Crippen molar-refractivity contribution in [3.8, 4) is 0 Å². The summed E-state index contributed by atoms with van der Waals surface area (Å²) in [4.78, 5) is 24.9. The van der Waals surface area contributed by atoms with Crippen molar-refractivity contribution >= 4 is 13.8 Å². The lowest BCUT2D eigenvalue weighted by atomic mass is 10.1. The molecule has 0 N–H and O–H groups in total. The van der Waals surface area contributed by atoms with Gasteiger partial charge in [-0.25, -0.2) is 0 Å². The molecule has 9 heteroatoms. The van der Waals surface area contributed by atoms with Gasteiger partial charge in [0.1, 0.15) is 19.3 Å². The maximum Gasteiger partial charge on any atom is 0.310 e. The van der Waals surface area contributed by atoms with Crippen LogP contribution in [0.4, 0.5) is 0 Å². The number of carbonyl (C=O) groups excluding carboxylic acids is 1. The maximum atomic E-state index is 12.6. The molecule has 0 radical (unpaired) electrons. The minimum Gasteiger partial charge on any atom is -0.756 e. The third-order valence-electron chi connectivity index (χ3n) is 8.52. The summed E-state index contributed by atoms with van der Waals surface area (Å²) in [5.74, 6) is -0.465. The van der Waals surface area contributed by atoms with E-state index in [4.69, 9.17) is 18.5 Å². The Labute approximate surface area is 332 Å². The van der Waals surface area contributed by atoms with Gasteiger partial charge >= 0.3 is 5.97 Å². The number of unbranched alkanes of at least 4 members (excludes halogenated alkanes) is 13. The van der Waals surface area contributed by atoms with E-state index >= 15 is 0 Å². The largest absolute Gasteiger partial charge is 0.756 e. The van der Waals surface area contributed by atoms with Crippen LogP contribution in [-0.2, 0) is 27.9 Å². The second-order valence-corrected chi connectivity index (χ2v) is 16.4. The molecule has 0 saturated heterocycles. The van der Waals surface area contributed by atoms with Crippen LogP contribution in [0, 0.1) is 0 Å². The average molecular weight is 778 g/mol. The number of ether oxygens (including phenoxy) is 2. The van der Waals surface area contributed by atoms with Crippen LogP contribution in [0.5, 0.6) is 0 Å². The number of likely N-dealkylation sites (N-methyl/N-ethyl adjacent to an activating group) is 1. The number of phosphoric ester groups is 1. The summed E-state index contributed by atoms with van der Waals surface area (Å²) in [7, 11) is 1.29. The summed E-state index contributed by atoms with van der Waals surface area (Å²) in [6.07, 6.45) is 48.0. The summed E-state index contributed by atoms with van der Waals surface area (Å²) in [5, 5.41) is 0. The molecule has 0 aliphatic heterocycles. The first kappa shape index (κ1) is 51.9. The summed E-state index contributed by atoms with van der Waals surface area (Å²) < 4.78 is 34.4. The first-order chi connectivity index (χ1) is 26.1. The highest BCUT2D eigenvalue weighted by atomic mass is 31.2. The van der Waals surface area contributed by atoms with Crippen molar-refractivity contribution in [3.63, 3.8) is 0 Å². The minimum absolute atomic E-state index is 0.00527. The molecule has 54 heavy (non-hydrogen) atoms. The van der Waals surface area contributed by atoms with E-state index in [-0.39, 0.29) is 26.2 Å². The van der Waals surface area contributed by atoms with Gasteiger partial charge in [-0.2, -0.15) is 0 Å². The van der Waals surface area contributed by atoms with Gasteiger partial charge in [0.05, 0.1) is 40.8 Å². The zero-order chi connectivity index (χ0) is 39.9. The molecule has 0 aliphatic carbocycles. The predicted octanol–water partition coefficient (Wildman–Crippen LogP) is 11.7. The molecule has 0 rings (SSSR count). The summed E-state index contributed by atoms with van der Waals surface area (Å²) in [5.41, 5.74) is 0. The van der Waals surface area contributed by atoms with Gasteiger partial charge in [-0.15, -0.1) is 0 Å². The zero-order valence-electron chi connectivity index (χ0n) is 35.1. The van der Waals surface area contributed by atoms with E-state index in [1.54, 1.807) is 6.08 Å². The molecule has 0 aromatic rings. The SMILES string of the molecule is CC/C=C\C/C=C\C/C=C\C/C=C\C/C=C\CC(=O)OC(COCCCCCCCC/C=C\CCCCCCCCC)COP(=O)([O-])OCC[N+](C)(C)C. The fourth-order valence-electron chi connectivity index (χ4n) is 5.26. The molecule has 0 spiro atoms. The zero-order valence-corrected chi connectivity index (χ0v) is 36.0. The van der Waals surface area contributed by atoms with E-state index in [0.29, 0.717) is 24.1 Å². The van der Waals surface area contributed by atoms with Crippen LogP contribution in [0.25, 0.3) is 0 Å². The minimum atomic E-state index is -4.55. The fraction of sp³-hybridized carbons (Fsp3) is 0.711. The Hall–Kier alpha value is -2.06. The molecule has 0 bridgehead atoms. The van der Waals surface area contributed by atoms with Crippen LogP contribution in [0.2, 0.25) is 0 Å². The molecular formula is C45H80NO7P. The van der Waals surface area contributed by atoms with E-state index in [9.17, 15) is 14.3 Å². The molecule has 0 aliphatic rings. The fourth-order valence-corrected chi connectivity index (χ4v) is 5.99. The van der Waals surface area contributed by atoms with E-state index in [1.807, 2.05) is 27.2 Å². The first-order valence-electron chi connectivity index (χ1n) is 21.2. The van der Waals surface area contributed by atoms with Crippen molar-refractivity contribution in [1.82, 2.24) is 0 Å². The molecule has 0 aromatic carbocycles. The molecule has 2 unspecified atom stereocenters. The summed E-state index contributed by atoms with van der Waals surface area (Å²) >= 11 is 0. The van der Waals surface area contributed by atoms with Gasteiger partial charge in [0, 0.05) is 6.61 Å². The smallest absolute Gasteiger partial charge is 0.310 e. The number of quaternary nitrogens is 1. The van der Waals surface area contributed by atoms with Crippen molar-refractivity contribution in [1.29, 1.82) is 0 Å². The number of allylic oxidation sites excluding steroid dienone is 11. The maximum absolute atomic E-state index is 12.6. The Morgan fingerprint density at radius 3 is 1.59 bits per heavy atom. The summed E-state index contributed by atoms with van der Waals surface area (Å²) in [6, 6.07) is 0. The van der Waals surface area contributed by atoms with Gasteiger partial charge in [0.2, 0.25) is 0 Å². The van der Waals surface area contributed by atoms with Crippen molar-refractivity contribution in [2.75, 3.05) is 54.1 Å². The summed E-state index contributed by atoms with van der Waals surface area (Å²) in [6.45, 7) is 5.12. The number of hydrogen-bond donors (Lipinski definition) is 0. The standard InChI is InChI=1S/C45H80NO7P/c1-6-8-10-12-14-16-18-20-22-23-25-27-29-31-33-35-37-40-50-42-44(43-52-54(48,49)51-41-39-46(3,4)5)53-45(47)38-36-34-32-30-28-26-24-21-19-17-15-13-11-9-7-2/h9,11,15,17,21-24,28,30,34,36,44H,6-8,10,12-14,16,18-20,25-27,29,31-33,35,37-43H2,1-5H3/b11-9-,17-15-,23-22-,24-21-,30-28-,36-34-. The van der Waals surface area contributed by atoms with Crippen LogP contribution in [0.3, 0.4) is 0 Å². The highest BCUT2D eigenvalue weighted by Gasteiger charge is 2.20. The van der Waals surface area contributed by atoms with Gasteiger partial charge in [0.15, 0.2) is 0 Å². The normalized spacial score (nSPS) is 14.6. The van der Waals surface area contributed by atoms with Crippen LogP contribution in [-0.4, -0.2) is 70.7 Å². The number of hydrogen-bond acceptors (Lipinski definition) is 7. The van der Waals surface area contributed by atoms with E-state index in [0.717, 1.165) is 44.9 Å². The first-order valence-corrected chi connectivity index (χ1v) is 22.6. The second kappa shape index (κ2) is 37.8. The van der Waals surface area contributed by atoms with Crippen LogP contribution < -0.4 is 4.89 Å². The van der Waals surface area contributed by atoms with Crippen LogP contribution >= 0.6 is 7.82 Å². The van der Waals surface area contributed by atoms with Crippen molar-refractivity contribution in [3.05, 3.63) is 72.9 Å². The van der Waals surface area contributed by atoms with Gasteiger partial charge in [0.25, 0.3) is 7.82 Å². The molecule has 2 atom stereocenters. The Kier molecular flexibility index (Phi) is 36.4. The molecule has 0 fully saturated rings. The topological polar surface area (TPSA) is 94.1 Å². The third-order valence-corrected chi connectivity index (χ3v) is 9.49. The number of esters is 1. The molecule has 0 saturated carbocycles. The third kappa shape index (κ3) is 41.1. The van der Waals surface area contributed by atoms with E-state index in [2.05, 4.69) is 74.6 Å². The highest BCUT2D eigenvalue weighted by Crippen LogP contribution is 2.38. The van der Waals surface area contributed by atoms with Gasteiger partial charge in [-0.05, 0) is 64.2 Å². The lowest BCUT2D eigenvalue weighted by Crippen LogP contribution is -2.37. The molecule has 312 valence electrons. The molecular weight excluding hydrogens is 697 g/mol.